The van der Waals surface area contributed by atoms with Crippen molar-refractivity contribution in [3.63, 3.8) is 0 Å². The average molecular weight is 358 g/mol. The summed E-state index contributed by atoms with van der Waals surface area (Å²) in [7, 11) is 0. The van der Waals surface area contributed by atoms with Gasteiger partial charge < -0.3 is 15.2 Å². The normalized spacial score (nSPS) is 10.6. The summed E-state index contributed by atoms with van der Waals surface area (Å²) < 4.78 is 4.93. The topological polar surface area (TPSA) is 92.9 Å². The number of carbonyl (C=O) groups excluding carboxylic acids is 1. The summed E-state index contributed by atoms with van der Waals surface area (Å²) in [5, 5.41) is 10.1. The lowest BCUT2D eigenvalue weighted by Crippen LogP contribution is -2.15. The summed E-state index contributed by atoms with van der Waals surface area (Å²) in [5.41, 5.74) is 2.58. The molecule has 2 aromatic heterocycles. The molecular formula is C17H16ClN5O2. The number of amides is 1. The van der Waals surface area contributed by atoms with E-state index in [0.717, 1.165) is 11.3 Å². The highest BCUT2D eigenvalue weighted by molar-refractivity contribution is 6.31. The SMILES string of the molecule is Cc1cc(C(=O)Nc2cc(C)on2)nc(Nc2ccc(C)c(Cl)c2)n1. The van der Waals surface area contributed by atoms with Crippen LogP contribution in [0, 0.1) is 20.8 Å². The number of anilines is 3. The molecule has 0 saturated heterocycles. The van der Waals surface area contributed by atoms with Crippen LogP contribution in [0.3, 0.4) is 0 Å². The number of benzene rings is 1. The summed E-state index contributed by atoms with van der Waals surface area (Å²) in [4.78, 5) is 20.9. The van der Waals surface area contributed by atoms with E-state index >= 15 is 0 Å². The number of hydrogen-bond donors (Lipinski definition) is 2. The fourth-order valence-electron chi connectivity index (χ4n) is 2.15. The zero-order chi connectivity index (χ0) is 18.0. The molecule has 0 bridgehead atoms. The first kappa shape index (κ1) is 16.9. The van der Waals surface area contributed by atoms with Gasteiger partial charge in [-0.25, -0.2) is 9.97 Å². The molecule has 8 heteroatoms. The molecule has 0 fully saturated rings. The fourth-order valence-corrected chi connectivity index (χ4v) is 2.33. The number of carbonyl (C=O) groups is 1. The minimum absolute atomic E-state index is 0.217. The molecule has 0 saturated carbocycles. The Kier molecular flexibility index (Phi) is 4.67. The maximum atomic E-state index is 12.3. The van der Waals surface area contributed by atoms with Gasteiger partial charge >= 0.3 is 0 Å². The molecule has 0 unspecified atom stereocenters. The van der Waals surface area contributed by atoms with Crippen LogP contribution in [0.2, 0.25) is 5.02 Å². The Morgan fingerprint density at radius 1 is 1.12 bits per heavy atom. The van der Waals surface area contributed by atoms with Crippen molar-refractivity contribution >= 4 is 35.0 Å². The number of hydrogen-bond acceptors (Lipinski definition) is 6. The summed E-state index contributed by atoms with van der Waals surface area (Å²) in [6.45, 7) is 5.45. The maximum Gasteiger partial charge on any atom is 0.275 e. The lowest BCUT2D eigenvalue weighted by molar-refractivity contribution is 0.102. The third-order valence-corrected chi connectivity index (χ3v) is 3.79. The molecule has 3 rings (SSSR count). The van der Waals surface area contributed by atoms with E-state index in [9.17, 15) is 4.79 Å². The third-order valence-electron chi connectivity index (χ3n) is 3.38. The second-order valence-corrected chi connectivity index (χ2v) is 5.99. The van der Waals surface area contributed by atoms with Crippen LogP contribution < -0.4 is 10.6 Å². The summed E-state index contributed by atoms with van der Waals surface area (Å²) in [6.07, 6.45) is 0. The van der Waals surface area contributed by atoms with Crippen LogP contribution in [-0.4, -0.2) is 21.0 Å². The molecule has 0 atom stereocenters. The van der Waals surface area contributed by atoms with Crippen molar-refractivity contribution in [1.29, 1.82) is 0 Å². The quantitative estimate of drug-likeness (QED) is 0.732. The lowest BCUT2D eigenvalue weighted by atomic mass is 10.2. The van der Waals surface area contributed by atoms with E-state index in [1.54, 1.807) is 32.0 Å². The first-order chi connectivity index (χ1) is 11.9. The molecule has 1 aromatic carbocycles. The lowest BCUT2D eigenvalue weighted by Gasteiger charge is -2.09. The predicted molar refractivity (Wildman–Crippen MR) is 95.4 cm³/mol. The number of nitrogens with zero attached hydrogens (tertiary/aromatic N) is 3. The van der Waals surface area contributed by atoms with Crippen molar-refractivity contribution in [2.75, 3.05) is 10.6 Å². The van der Waals surface area contributed by atoms with Gasteiger partial charge in [-0.2, -0.15) is 0 Å². The van der Waals surface area contributed by atoms with E-state index in [4.69, 9.17) is 16.1 Å². The highest BCUT2D eigenvalue weighted by atomic mass is 35.5. The van der Waals surface area contributed by atoms with Gasteiger partial charge in [0.25, 0.3) is 5.91 Å². The Bertz CT molecular complexity index is 939. The monoisotopic (exact) mass is 357 g/mol. The predicted octanol–water partition coefficient (Wildman–Crippen LogP) is 4.04. The second kappa shape index (κ2) is 6.90. The molecule has 0 aliphatic rings. The molecule has 2 heterocycles. The molecule has 3 aromatic rings. The van der Waals surface area contributed by atoms with E-state index in [2.05, 4.69) is 25.8 Å². The first-order valence-corrected chi connectivity index (χ1v) is 7.92. The Labute approximate surface area is 149 Å². The van der Waals surface area contributed by atoms with Gasteiger partial charge in [0.1, 0.15) is 11.5 Å². The summed E-state index contributed by atoms with van der Waals surface area (Å²) in [5.74, 6) is 0.844. The molecular weight excluding hydrogens is 342 g/mol. The number of aromatic nitrogens is 3. The van der Waals surface area contributed by atoms with Gasteiger partial charge in [-0.3, -0.25) is 4.79 Å². The zero-order valence-corrected chi connectivity index (χ0v) is 14.7. The molecule has 0 spiro atoms. The number of rotatable bonds is 4. The number of aryl methyl sites for hydroxylation is 3. The van der Waals surface area contributed by atoms with Gasteiger partial charge in [-0.15, -0.1) is 0 Å². The second-order valence-electron chi connectivity index (χ2n) is 5.58. The van der Waals surface area contributed by atoms with Gasteiger partial charge in [0.15, 0.2) is 5.82 Å². The Morgan fingerprint density at radius 3 is 2.60 bits per heavy atom. The third kappa shape index (κ3) is 4.13. The molecule has 0 aliphatic carbocycles. The Morgan fingerprint density at radius 2 is 1.92 bits per heavy atom. The van der Waals surface area contributed by atoms with Gasteiger partial charge in [0.2, 0.25) is 5.95 Å². The van der Waals surface area contributed by atoms with E-state index in [1.165, 1.54) is 0 Å². The van der Waals surface area contributed by atoms with Crippen LogP contribution in [0.1, 0.15) is 27.5 Å². The van der Waals surface area contributed by atoms with Crippen LogP contribution in [0.4, 0.5) is 17.5 Å². The van der Waals surface area contributed by atoms with Gasteiger partial charge in [-0.1, -0.05) is 22.8 Å². The average Bonchev–Trinajstić information content (AvgIpc) is 2.95. The van der Waals surface area contributed by atoms with Crippen LogP contribution in [0.25, 0.3) is 0 Å². The number of halogens is 1. The van der Waals surface area contributed by atoms with Crippen molar-refractivity contribution in [3.05, 3.63) is 58.1 Å². The van der Waals surface area contributed by atoms with Crippen LogP contribution >= 0.6 is 11.6 Å². The van der Waals surface area contributed by atoms with Gasteiger partial charge in [0.05, 0.1) is 0 Å². The van der Waals surface area contributed by atoms with Crippen molar-refractivity contribution in [2.24, 2.45) is 0 Å². The summed E-state index contributed by atoms with van der Waals surface area (Å²) >= 11 is 6.12. The minimum Gasteiger partial charge on any atom is -0.360 e. The van der Waals surface area contributed by atoms with Gasteiger partial charge in [-0.05, 0) is 44.5 Å². The molecule has 128 valence electrons. The standard InChI is InChI=1S/C17H16ClN5O2/c1-9-4-5-12(8-13(9)18)20-17-19-10(2)6-14(21-17)16(24)22-15-7-11(3)25-23-15/h4-8H,1-3H3,(H,19,20,21)(H,22,23,24). The zero-order valence-electron chi connectivity index (χ0n) is 13.9. The first-order valence-electron chi connectivity index (χ1n) is 7.54. The van der Waals surface area contributed by atoms with E-state index in [-0.39, 0.29) is 5.69 Å². The molecule has 2 N–H and O–H groups in total. The minimum atomic E-state index is -0.399. The molecule has 25 heavy (non-hydrogen) atoms. The molecule has 7 nitrogen and oxygen atoms in total. The van der Waals surface area contributed by atoms with E-state index in [0.29, 0.717) is 28.2 Å². The van der Waals surface area contributed by atoms with Crippen molar-refractivity contribution in [3.8, 4) is 0 Å². The van der Waals surface area contributed by atoms with Crippen molar-refractivity contribution in [2.45, 2.75) is 20.8 Å². The fraction of sp³-hybridized carbons (Fsp3) is 0.176. The Balaban J connectivity index is 1.82. The summed E-state index contributed by atoms with van der Waals surface area (Å²) in [6, 6.07) is 8.75. The van der Waals surface area contributed by atoms with Crippen LogP contribution in [0.15, 0.2) is 34.9 Å². The Hall–Kier alpha value is -2.93. The van der Waals surface area contributed by atoms with E-state index in [1.807, 2.05) is 19.1 Å². The smallest absolute Gasteiger partial charge is 0.275 e. The van der Waals surface area contributed by atoms with E-state index < -0.39 is 5.91 Å². The van der Waals surface area contributed by atoms with Crippen LogP contribution in [0.5, 0.6) is 0 Å². The van der Waals surface area contributed by atoms with Gasteiger partial charge in [0, 0.05) is 22.5 Å². The molecule has 1 amide bonds. The highest BCUT2D eigenvalue weighted by Gasteiger charge is 2.13. The molecule has 0 radical (unpaired) electrons. The largest absolute Gasteiger partial charge is 0.360 e. The van der Waals surface area contributed by atoms with Crippen molar-refractivity contribution in [1.82, 2.24) is 15.1 Å². The molecule has 0 aliphatic heterocycles. The highest BCUT2D eigenvalue weighted by Crippen LogP contribution is 2.22. The number of nitrogens with one attached hydrogen (secondary N) is 2. The maximum absolute atomic E-state index is 12.3. The van der Waals surface area contributed by atoms with Crippen molar-refractivity contribution < 1.29 is 9.32 Å². The van der Waals surface area contributed by atoms with Crippen LogP contribution in [-0.2, 0) is 0 Å².